The van der Waals surface area contributed by atoms with Gasteiger partial charge in [0.1, 0.15) is 11.9 Å². The molecular formula is C22H25N3O4S. The lowest BCUT2D eigenvalue weighted by Crippen LogP contribution is -2.42. The number of hydrogen-bond acceptors (Lipinski definition) is 5. The van der Waals surface area contributed by atoms with Crippen molar-refractivity contribution in [3.05, 3.63) is 54.9 Å². The van der Waals surface area contributed by atoms with Crippen LogP contribution in [0.15, 0.2) is 59.8 Å². The van der Waals surface area contributed by atoms with E-state index in [9.17, 15) is 13.5 Å². The summed E-state index contributed by atoms with van der Waals surface area (Å²) in [6, 6.07) is 14.3. The van der Waals surface area contributed by atoms with E-state index in [1.165, 1.54) is 0 Å². The molecule has 1 aliphatic heterocycles. The summed E-state index contributed by atoms with van der Waals surface area (Å²) in [5.74, 6) is 1.00. The molecule has 1 N–H and O–H groups in total. The Labute approximate surface area is 176 Å². The molecule has 1 saturated carbocycles. The molecule has 2 aliphatic rings. The first-order valence-corrected chi connectivity index (χ1v) is 11.7. The second kappa shape index (κ2) is 7.37. The van der Waals surface area contributed by atoms with Crippen LogP contribution in [0.3, 0.4) is 0 Å². The number of aliphatic hydroxyl groups is 1. The fraction of sp³-hybridized carbons (Fsp3) is 0.409. The van der Waals surface area contributed by atoms with Crippen LogP contribution in [0.1, 0.15) is 12.8 Å². The normalized spacial score (nSPS) is 27.3. The number of rotatable bonds is 4. The van der Waals surface area contributed by atoms with Gasteiger partial charge in [-0.15, -0.1) is 0 Å². The molecule has 158 valence electrons. The minimum Gasteiger partial charge on any atom is -0.488 e. The maximum Gasteiger partial charge on any atom is 0.243 e. The van der Waals surface area contributed by atoms with Crippen LogP contribution in [0.2, 0.25) is 0 Å². The molecule has 2 aromatic carbocycles. The van der Waals surface area contributed by atoms with Crippen molar-refractivity contribution >= 4 is 21.1 Å². The minimum atomic E-state index is -3.51. The molecule has 0 spiro atoms. The summed E-state index contributed by atoms with van der Waals surface area (Å²) in [5, 5.41) is 10.7. The number of aliphatic hydroxyl groups excluding tert-OH is 1. The fourth-order valence-corrected chi connectivity index (χ4v) is 6.35. The van der Waals surface area contributed by atoms with Gasteiger partial charge in [-0.25, -0.2) is 13.4 Å². The predicted molar refractivity (Wildman–Crippen MR) is 113 cm³/mol. The Morgan fingerprint density at radius 2 is 1.80 bits per heavy atom. The van der Waals surface area contributed by atoms with Gasteiger partial charge >= 0.3 is 0 Å². The molecule has 1 saturated heterocycles. The highest BCUT2D eigenvalue weighted by Gasteiger charge is 2.46. The molecule has 0 amide bonds. The van der Waals surface area contributed by atoms with Gasteiger partial charge < -0.3 is 14.4 Å². The van der Waals surface area contributed by atoms with Gasteiger partial charge in [0.25, 0.3) is 0 Å². The molecule has 8 heteroatoms. The summed E-state index contributed by atoms with van der Waals surface area (Å²) in [4.78, 5) is 4.68. The van der Waals surface area contributed by atoms with Crippen molar-refractivity contribution in [3.8, 4) is 5.75 Å². The third-order valence-corrected chi connectivity index (χ3v) is 8.26. The Morgan fingerprint density at radius 3 is 2.57 bits per heavy atom. The van der Waals surface area contributed by atoms with Crippen LogP contribution in [0.4, 0.5) is 0 Å². The largest absolute Gasteiger partial charge is 0.488 e. The zero-order chi connectivity index (χ0) is 20.9. The molecule has 3 aromatic rings. The number of hydrogen-bond donors (Lipinski definition) is 1. The second-order valence-electron chi connectivity index (χ2n) is 8.36. The zero-order valence-electron chi connectivity index (χ0n) is 16.8. The lowest BCUT2D eigenvalue weighted by Gasteiger charge is -2.35. The smallest absolute Gasteiger partial charge is 0.243 e. The molecule has 7 nitrogen and oxygen atoms in total. The van der Waals surface area contributed by atoms with Crippen molar-refractivity contribution in [1.29, 1.82) is 0 Å². The Bertz CT molecular complexity index is 1160. The maximum absolute atomic E-state index is 13.0. The summed E-state index contributed by atoms with van der Waals surface area (Å²) in [5.41, 5.74) is 1.86. The van der Waals surface area contributed by atoms with E-state index in [2.05, 4.69) is 4.98 Å². The minimum absolute atomic E-state index is 0.150. The van der Waals surface area contributed by atoms with Crippen molar-refractivity contribution < 1.29 is 18.3 Å². The number of fused-ring (bicyclic) bond motifs is 2. The fourth-order valence-electron chi connectivity index (χ4n) is 4.78. The highest BCUT2D eigenvalue weighted by molar-refractivity contribution is 7.89. The molecule has 30 heavy (non-hydrogen) atoms. The van der Waals surface area contributed by atoms with Crippen molar-refractivity contribution in [3.63, 3.8) is 0 Å². The molecule has 0 unspecified atom stereocenters. The highest BCUT2D eigenvalue weighted by atomic mass is 32.2. The molecule has 1 aliphatic carbocycles. The maximum atomic E-state index is 13.0. The molecule has 0 bridgehead atoms. The van der Waals surface area contributed by atoms with E-state index in [0.29, 0.717) is 36.6 Å². The standard InChI is InChI=1S/C22H25N3O4S/c1-24-14-23-19-11-17(7-8-20(19)24)29-22-10-16-13-25(12-15(16)9-21(22)26)30(27,28)18-5-3-2-4-6-18/h2-8,11,14-16,21-22,26H,9-10,12-13H2,1H3/t15-,16+,21+,22+/m0/s1. The Morgan fingerprint density at radius 1 is 1.07 bits per heavy atom. The van der Waals surface area contributed by atoms with E-state index in [0.717, 1.165) is 11.0 Å². The third-order valence-electron chi connectivity index (χ3n) is 6.42. The number of aromatic nitrogens is 2. The summed E-state index contributed by atoms with van der Waals surface area (Å²) < 4.78 is 35.6. The van der Waals surface area contributed by atoms with Crippen LogP contribution >= 0.6 is 0 Å². The van der Waals surface area contributed by atoms with Gasteiger partial charge in [-0.1, -0.05) is 18.2 Å². The molecule has 1 aromatic heterocycles. The summed E-state index contributed by atoms with van der Waals surface area (Å²) in [6.45, 7) is 0.916. The first kappa shape index (κ1) is 19.5. The molecule has 2 heterocycles. The topological polar surface area (TPSA) is 84.7 Å². The molecule has 0 radical (unpaired) electrons. The number of nitrogens with zero attached hydrogens (tertiary/aromatic N) is 3. The van der Waals surface area contributed by atoms with E-state index < -0.39 is 16.1 Å². The van der Waals surface area contributed by atoms with Crippen molar-refractivity contribution in [2.24, 2.45) is 18.9 Å². The quantitative estimate of drug-likeness (QED) is 0.691. The summed E-state index contributed by atoms with van der Waals surface area (Å²) in [6.07, 6.45) is 1.96. The molecule has 5 rings (SSSR count). The van der Waals surface area contributed by atoms with E-state index in [-0.39, 0.29) is 17.9 Å². The van der Waals surface area contributed by atoms with E-state index in [1.54, 1.807) is 34.9 Å². The van der Waals surface area contributed by atoms with Crippen LogP contribution in [-0.4, -0.2) is 52.7 Å². The monoisotopic (exact) mass is 427 g/mol. The number of sulfonamides is 1. The van der Waals surface area contributed by atoms with Crippen molar-refractivity contribution in [2.45, 2.75) is 29.9 Å². The molecule has 2 fully saturated rings. The van der Waals surface area contributed by atoms with E-state index >= 15 is 0 Å². The SMILES string of the molecule is Cn1cnc2cc(O[C@@H]3C[C@@H]4CN(S(=O)(=O)c5ccccc5)C[C@@H]4C[C@H]3O)ccc21. The van der Waals surface area contributed by atoms with Crippen LogP contribution in [0.5, 0.6) is 5.75 Å². The average molecular weight is 428 g/mol. The molecular weight excluding hydrogens is 402 g/mol. The number of imidazole rings is 1. The van der Waals surface area contributed by atoms with Crippen molar-refractivity contribution in [2.75, 3.05) is 13.1 Å². The second-order valence-corrected chi connectivity index (χ2v) is 10.3. The van der Waals surface area contributed by atoms with Gasteiger partial charge in [-0.05, 0) is 48.9 Å². The first-order chi connectivity index (χ1) is 14.4. The van der Waals surface area contributed by atoms with Gasteiger partial charge in [0.15, 0.2) is 0 Å². The van der Waals surface area contributed by atoms with Gasteiger partial charge in [0, 0.05) is 26.2 Å². The number of ether oxygens (including phenoxy) is 1. The average Bonchev–Trinajstić information content (AvgIpc) is 3.32. The zero-order valence-corrected chi connectivity index (χ0v) is 17.6. The van der Waals surface area contributed by atoms with Crippen LogP contribution in [-0.2, 0) is 17.1 Å². The van der Waals surface area contributed by atoms with Crippen LogP contribution in [0.25, 0.3) is 11.0 Å². The highest BCUT2D eigenvalue weighted by Crippen LogP contribution is 2.40. The summed E-state index contributed by atoms with van der Waals surface area (Å²) >= 11 is 0. The Balaban J connectivity index is 1.31. The number of aryl methyl sites for hydroxylation is 1. The van der Waals surface area contributed by atoms with E-state index in [4.69, 9.17) is 4.74 Å². The Hall–Kier alpha value is -2.42. The van der Waals surface area contributed by atoms with Gasteiger partial charge in [0.2, 0.25) is 10.0 Å². The number of benzene rings is 2. The van der Waals surface area contributed by atoms with E-state index in [1.807, 2.05) is 35.9 Å². The molecule has 4 atom stereocenters. The van der Waals surface area contributed by atoms with Crippen LogP contribution in [0, 0.1) is 11.8 Å². The summed E-state index contributed by atoms with van der Waals surface area (Å²) in [7, 11) is -1.57. The van der Waals surface area contributed by atoms with Gasteiger partial charge in [0.05, 0.1) is 28.4 Å². The van der Waals surface area contributed by atoms with Gasteiger partial charge in [-0.3, -0.25) is 0 Å². The lowest BCUT2D eigenvalue weighted by molar-refractivity contribution is -0.0231. The van der Waals surface area contributed by atoms with Gasteiger partial charge in [-0.2, -0.15) is 4.31 Å². The first-order valence-electron chi connectivity index (χ1n) is 10.2. The third kappa shape index (κ3) is 3.38. The van der Waals surface area contributed by atoms with Crippen molar-refractivity contribution in [1.82, 2.24) is 13.9 Å². The predicted octanol–water partition coefficient (Wildman–Crippen LogP) is 2.41. The Kier molecular flexibility index (Phi) is 4.80. The van der Waals surface area contributed by atoms with Crippen LogP contribution < -0.4 is 4.74 Å². The lowest BCUT2D eigenvalue weighted by atomic mass is 9.78.